The Bertz CT molecular complexity index is 1060. The number of hydrogen-bond acceptors (Lipinski definition) is 5. The maximum Gasteiger partial charge on any atom is 0.257 e. The van der Waals surface area contributed by atoms with E-state index in [0.29, 0.717) is 22.8 Å². The number of para-hydroxylation sites is 1. The van der Waals surface area contributed by atoms with Gasteiger partial charge in [-0.15, -0.1) is 0 Å². The predicted octanol–water partition coefficient (Wildman–Crippen LogP) is 3.72. The molecule has 1 aliphatic rings. The van der Waals surface area contributed by atoms with E-state index < -0.39 is 0 Å². The van der Waals surface area contributed by atoms with E-state index in [4.69, 9.17) is 14.6 Å². The number of rotatable bonds is 7. The van der Waals surface area contributed by atoms with E-state index in [-0.39, 0.29) is 5.91 Å². The molecule has 1 aromatic heterocycles. The number of benzene rings is 2. The lowest BCUT2D eigenvalue weighted by molar-refractivity contribution is 0.0638. The topological polar surface area (TPSA) is 59.8 Å². The standard InChI is InChI=1S/C25H30N4O3/c1-4-12-27-13-15-28(16-14-27)25(30)21-18-29(20-8-6-5-7-9-20)26-24(21)19-10-11-22(31-2)23(17-19)32-3/h5-11,17-18H,4,12-16H2,1-3H3. The molecule has 168 valence electrons. The molecule has 1 fully saturated rings. The third-order valence-electron chi connectivity index (χ3n) is 5.82. The summed E-state index contributed by atoms with van der Waals surface area (Å²) in [4.78, 5) is 17.9. The second-order valence-electron chi connectivity index (χ2n) is 7.88. The Hall–Kier alpha value is -3.32. The van der Waals surface area contributed by atoms with Gasteiger partial charge >= 0.3 is 0 Å². The van der Waals surface area contributed by atoms with E-state index in [2.05, 4.69) is 11.8 Å². The van der Waals surface area contributed by atoms with Gasteiger partial charge < -0.3 is 14.4 Å². The van der Waals surface area contributed by atoms with Gasteiger partial charge in [0.25, 0.3) is 5.91 Å². The average Bonchev–Trinajstić information content (AvgIpc) is 3.30. The monoisotopic (exact) mass is 434 g/mol. The van der Waals surface area contributed by atoms with E-state index in [1.54, 1.807) is 18.9 Å². The molecule has 1 saturated heterocycles. The summed E-state index contributed by atoms with van der Waals surface area (Å²) in [6.45, 7) is 6.51. The van der Waals surface area contributed by atoms with Crippen molar-refractivity contribution in [1.82, 2.24) is 19.6 Å². The number of ether oxygens (including phenoxy) is 2. The highest BCUT2D eigenvalue weighted by molar-refractivity contribution is 6.00. The van der Waals surface area contributed by atoms with Gasteiger partial charge in [-0.3, -0.25) is 9.69 Å². The lowest BCUT2D eigenvalue weighted by Gasteiger charge is -2.34. The minimum atomic E-state index is 0.00751. The van der Waals surface area contributed by atoms with Crippen molar-refractivity contribution in [3.63, 3.8) is 0 Å². The molecule has 1 aliphatic heterocycles. The first kappa shape index (κ1) is 21.9. The van der Waals surface area contributed by atoms with E-state index in [1.807, 2.05) is 59.6 Å². The van der Waals surface area contributed by atoms with Crippen LogP contribution in [0.1, 0.15) is 23.7 Å². The van der Waals surface area contributed by atoms with Gasteiger partial charge in [0.05, 0.1) is 25.5 Å². The van der Waals surface area contributed by atoms with Gasteiger partial charge in [0.15, 0.2) is 11.5 Å². The van der Waals surface area contributed by atoms with Crippen molar-refractivity contribution in [2.75, 3.05) is 46.9 Å². The number of piperazine rings is 1. The van der Waals surface area contributed by atoms with Crippen LogP contribution in [-0.4, -0.2) is 72.4 Å². The summed E-state index contributed by atoms with van der Waals surface area (Å²) in [6.07, 6.45) is 2.96. The van der Waals surface area contributed by atoms with Crippen LogP contribution in [0, 0.1) is 0 Å². The zero-order chi connectivity index (χ0) is 22.5. The maximum absolute atomic E-state index is 13.6. The molecule has 2 heterocycles. The van der Waals surface area contributed by atoms with Crippen molar-refractivity contribution in [3.05, 3.63) is 60.3 Å². The van der Waals surface area contributed by atoms with Crippen LogP contribution in [0.3, 0.4) is 0 Å². The zero-order valence-electron chi connectivity index (χ0n) is 19.0. The third kappa shape index (κ3) is 4.48. The fourth-order valence-corrected chi connectivity index (χ4v) is 4.10. The molecule has 7 heteroatoms. The van der Waals surface area contributed by atoms with Crippen molar-refractivity contribution >= 4 is 5.91 Å². The third-order valence-corrected chi connectivity index (χ3v) is 5.82. The van der Waals surface area contributed by atoms with Gasteiger partial charge in [-0.1, -0.05) is 25.1 Å². The van der Waals surface area contributed by atoms with Crippen LogP contribution in [0.4, 0.5) is 0 Å². The van der Waals surface area contributed by atoms with Gasteiger partial charge in [0.1, 0.15) is 5.69 Å². The zero-order valence-corrected chi connectivity index (χ0v) is 19.0. The van der Waals surface area contributed by atoms with Crippen LogP contribution in [-0.2, 0) is 0 Å². The predicted molar refractivity (Wildman–Crippen MR) is 125 cm³/mol. The maximum atomic E-state index is 13.6. The molecule has 1 amide bonds. The number of nitrogens with zero attached hydrogens (tertiary/aromatic N) is 4. The molecule has 0 unspecified atom stereocenters. The Morgan fingerprint density at radius 3 is 2.34 bits per heavy atom. The van der Waals surface area contributed by atoms with E-state index in [0.717, 1.165) is 50.4 Å². The first-order valence-electron chi connectivity index (χ1n) is 11.0. The lowest BCUT2D eigenvalue weighted by atomic mass is 10.1. The first-order chi connectivity index (χ1) is 15.6. The second kappa shape index (κ2) is 9.87. The number of aromatic nitrogens is 2. The van der Waals surface area contributed by atoms with Crippen LogP contribution < -0.4 is 9.47 Å². The van der Waals surface area contributed by atoms with Crippen LogP contribution in [0.15, 0.2) is 54.7 Å². The lowest BCUT2D eigenvalue weighted by Crippen LogP contribution is -2.48. The van der Waals surface area contributed by atoms with Gasteiger partial charge in [-0.2, -0.15) is 5.10 Å². The number of carbonyl (C=O) groups excluding carboxylic acids is 1. The largest absolute Gasteiger partial charge is 0.493 e. The molecular formula is C25H30N4O3. The summed E-state index contributed by atoms with van der Waals surface area (Å²) < 4.78 is 12.6. The molecule has 0 N–H and O–H groups in total. The molecule has 0 aliphatic carbocycles. The van der Waals surface area contributed by atoms with E-state index >= 15 is 0 Å². The van der Waals surface area contributed by atoms with Crippen LogP contribution >= 0.6 is 0 Å². The first-order valence-corrected chi connectivity index (χ1v) is 11.0. The van der Waals surface area contributed by atoms with Crippen molar-refractivity contribution < 1.29 is 14.3 Å². The van der Waals surface area contributed by atoms with Gasteiger partial charge in [-0.05, 0) is 43.3 Å². The molecule has 0 saturated carbocycles. The van der Waals surface area contributed by atoms with Gasteiger partial charge in [-0.25, -0.2) is 4.68 Å². The smallest absolute Gasteiger partial charge is 0.257 e. The Kier molecular flexibility index (Phi) is 6.75. The molecule has 4 rings (SSSR count). The SMILES string of the molecule is CCCN1CCN(C(=O)c2cn(-c3ccccc3)nc2-c2ccc(OC)c(OC)c2)CC1. The van der Waals surface area contributed by atoms with Crippen LogP contribution in [0.25, 0.3) is 16.9 Å². The molecule has 7 nitrogen and oxygen atoms in total. The molecular weight excluding hydrogens is 404 g/mol. The van der Waals surface area contributed by atoms with Gasteiger partial charge in [0, 0.05) is 37.9 Å². The molecule has 0 atom stereocenters. The number of methoxy groups -OCH3 is 2. The van der Waals surface area contributed by atoms with E-state index in [9.17, 15) is 4.79 Å². The van der Waals surface area contributed by atoms with Crippen LogP contribution in [0.5, 0.6) is 11.5 Å². The highest BCUT2D eigenvalue weighted by Gasteiger charge is 2.27. The summed E-state index contributed by atoms with van der Waals surface area (Å²) in [5.41, 5.74) is 2.94. The molecule has 2 aromatic carbocycles. The highest BCUT2D eigenvalue weighted by atomic mass is 16.5. The highest BCUT2D eigenvalue weighted by Crippen LogP contribution is 2.34. The van der Waals surface area contributed by atoms with Crippen molar-refractivity contribution in [3.8, 4) is 28.4 Å². The van der Waals surface area contributed by atoms with Crippen molar-refractivity contribution in [2.45, 2.75) is 13.3 Å². The quantitative estimate of drug-likeness (QED) is 0.567. The Labute approximate surface area is 189 Å². The minimum Gasteiger partial charge on any atom is -0.493 e. The summed E-state index contributed by atoms with van der Waals surface area (Å²) >= 11 is 0. The summed E-state index contributed by atoms with van der Waals surface area (Å²) in [7, 11) is 3.21. The molecule has 0 bridgehead atoms. The number of hydrogen-bond donors (Lipinski definition) is 0. The molecule has 0 spiro atoms. The minimum absolute atomic E-state index is 0.00751. The average molecular weight is 435 g/mol. The fourth-order valence-electron chi connectivity index (χ4n) is 4.10. The molecule has 0 radical (unpaired) electrons. The van der Waals surface area contributed by atoms with E-state index in [1.165, 1.54) is 0 Å². The normalized spacial score (nSPS) is 14.4. The fraction of sp³-hybridized carbons (Fsp3) is 0.360. The number of amides is 1. The number of carbonyl (C=O) groups is 1. The Morgan fingerprint density at radius 2 is 1.69 bits per heavy atom. The summed E-state index contributed by atoms with van der Waals surface area (Å²) in [6, 6.07) is 15.5. The second-order valence-corrected chi connectivity index (χ2v) is 7.88. The molecule has 3 aromatic rings. The summed E-state index contributed by atoms with van der Waals surface area (Å²) in [5.74, 6) is 1.25. The van der Waals surface area contributed by atoms with Crippen molar-refractivity contribution in [1.29, 1.82) is 0 Å². The Balaban J connectivity index is 1.71. The van der Waals surface area contributed by atoms with Crippen molar-refractivity contribution in [2.24, 2.45) is 0 Å². The Morgan fingerprint density at radius 1 is 0.969 bits per heavy atom. The van der Waals surface area contributed by atoms with Crippen LogP contribution in [0.2, 0.25) is 0 Å². The summed E-state index contributed by atoms with van der Waals surface area (Å²) in [5, 5.41) is 4.80. The van der Waals surface area contributed by atoms with Gasteiger partial charge in [0.2, 0.25) is 0 Å². The molecule has 32 heavy (non-hydrogen) atoms.